The number of aldehydes is 1. The van der Waals surface area contributed by atoms with Crippen molar-refractivity contribution in [3.8, 4) is 11.5 Å². The van der Waals surface area contributed by atoms with E-state index in [0.29, 0.717) is 34.1 Å². The van der Waals surface area contributed by atoms with E-state index in [1.54, 1.807) is 42.5 Å². The van der Waals surface area contributed by atoms with Gasteiger partial charge < -0.3 is 14.8 Å². The number of rotatable bonds is 6. The Balaban J connectivity index is 1.98. The number of anilines is 1. The number of carbonyl (C=O) groups excluding carboxylic acids is 2. The van der Waals surface area contributed by atoms with E-state index in [1.807, 2.05) is 0 Å². The number of hydrogen-bond acceptors (Lipinski definition) is 4. The highest BCUT2D eigenvalue weighted by Crippen LogP contribution is 2.27. The summed E-state index contributed by atoms with van der Waals surface area (Å²) in [7, 11) is 1.50. The van der Waals surface area contributed by atoms with E-state index in [4.69, 9.17) is 21.1 Å². The fraction of sp³-hybridized carbons (Fsp3) is 0.125. The average Bonchev–Trinajstić information content (AvgIpc) is 2.53. The van der Waals surface area contributed by atoms with E-state index in [0.717, 1.165) is 0 Å². The molecule has 0 aliphatic carbocycles. The minimum Gasteiger partial charge on any atom is -0.495 e. The largest absolute Gasteiger partial charge is 0.495 e. The van der Waals surface area contributed by atoms with Crippen LogP contribution in [0.4, 0.5) is 5.69 Å². The normalized spacial score (nSPS) is 9.91. The zero-order valence-electron chi connectivity index (χ0n) is 11.8. The first-order valence-electron chi connectivity index (χ1n) is 6.44. The van der Waals surface area contributed by atoms with Crippen LogP contribution in [0.5, 0.6) is 11.5 Å². The molecule has 0 spiro atoms. The lowest BCUT2D eigenvalue weighted by atomic mass is 10.2. The number of methoxy groups -OCH3 is 1. The predicted octanol–water partition coefficient (Wildman–Crippen LogP) is 3.18. The molecule has 0 saturated carbocycles. The Hall–Kier alpha value is -2.53. The molecular formula is C16H14ClNO4. The Morgan fingerprint density at radius 3 is 2.82 bits per heavy atom. The molecule has 0 bridgehead atoms. The van der Waals surface area contributed by atoms with Crippen molar-refractivity contribution in [2.24, 2.45) is 0 Å². The second-order valence-electron chi connectivity index (χ2n) is 4.37. The number of ether oxygens (including phenoxy) is 2. The molecule has 0 aliphatic heterocycles. The summed E-state index contributed by atoms with van der Waals surface area (Å²) in [4.78, 5) is 22.6. The summed E-state index contributed by atoms with van der Waals surface area (Å²) >= 11 is 5.89. The third-order valence-electron chi connectivity index (χ3n) is 2.80. The first-order valence-corrected chi connectivity index (χ1v) is 6.81. The van der Waals surface area contributed by atoms with Crippen molar-refractivity contribution >= 4 is 29.5 Å². The van der Waals surface area contributed by atoms with Gasteiger partial charge in [-0.05, 0) is 30.3 Å². The average molecular weight is 320 g/mol. The molecule has 0 radical (unpaired) electrons. The van der Waals surface area contributed by atoms with Crippen LogP contribution in [0.25, 0.3) is 0 Å². The first-order chi connectivity index (χ1) is 10.6. The Kier molecular flexibility index (Phi) is 5.38. The fourth-order valence-corrected chi connectivity index (χ4v) is 1.96. The molecule has 1 N–H and O–H groups in total. The van der Waals surface area contributed by atoms with E-state index in [1.165, 1.54) is 7.11 Å². The fourth-order valence-electron chi connectivity index (χ4n) is 1.79. The maximum Gasteiger partial charge on any atom is 0.262 e. The van der Waals surface area contributed by atoms with Gasteiger partial charge in [-0.2, -0.15) is 0 Å². The minimum atomic E-state index is -0.364. The summed E-state index contributed by atoms with van der Waals surface area (Å²) < 4.78 is 10.5. The highest BCUT2D eigenvalue weighted by Gasteiger charge is 2.09. The van der Waals surface area contributed by atoms with Crippen LogP contribution < -0.4 is 14.8 Å². The van der Waals surface area contributed by atoms with Crippen LogP contribution in [0, 0.1) is 0 Å². The summed E-state index contributed by atoms with van der Waals surface area (Å²) in [5.74, 6) is 0.579. The Morgan fingerprint density at radius 1 is 1.27 bits per heavy atom. The molecule has 0 saturated heterocycles. The van der Waals surface area contributed by atoms with Crippen LogP contribution in [0.15, 0.2) is 42.5 Å². The smallest absolute Gasteiger partial charge is 0.262 e. The number of amides is 1. The monoisotopic (exact) mass is 319 g/mol. The van der Waals surface area contributed by atoms with Gasteiger partial charge in [0.2, 0.25) is 0 Å². The van der Waals surface area contributed by atoms with Gasteiger partial charge in [0.05, 0.1) is 12.8 Å². The molecule has 22 heavy (non-hydrogen) atoms. The quantitative estimate of drug-likeness (QED) is 0.831. The summed E-state index contributed by atoms with van der Waals surface area (Å²) in [6, 6.07) is 11.5. The molecule has 0 atom stereocenters. The standard InChI is InChI=1S/C16H14ClNO4/c1-21-15-6-5-12(17)8-14(15)18-16(20)10-22-13-4-2-3-11(7-13)9-19/h2-9H,10H2,1H3,(H,18,20). The molecule has 0 aliphatic rings. The van der Waals surface area contributed by atoms with Crippen LogP contribution in [-0.2, 0) is 4.79 Å². The lowest BCUT2D eigenvalue weighted by Crippen LogP contribution is -2.20. The molecule has 114 valence electrons. The summed E-state index contributed by atoms with van der Waals surface area (Å²) in [5, 5.41) is 3.14. The second kappa shape index (κ2) is 7.47. The van der Waals surface area contributed by atoms with E-state index >= 15 is 0 Å². The maximum absolute atomic E-state index is 11.9. The number of benzene rings is 2. The van der Waals surface area contributed by atoms with Crippen molar-refractivity contribution < 1.29 is 19.1 Å². The summed E-state index contributed by atoms with van der Waals surface area (Å²) in [6.07, 6.45) is 0.712. The number of nitrogens with one attached hydrogen (secondary N) is 1. The molecule has 2 aromatic rings. The molecule has 0 unspecified atom stereocenters. The number of halogens is 1. The lowest BCUT2D eigenvalue weighted by molar-refractivity contribution is -0.118. The van der Waals surface area contributed by atoms with Crippen molar-refractivity contribution in [1.29, 1.82) is 0 Å². The van der Waals surface area contributed by atoms with E-state index in [-0.39, 0.29) is 12.5 Å². The van der Waals surface area contributed by atoms with Crippen molar-refractivity contribution in [1.82, 2.24) is 0 Å². The van der Waals surface area contributed by atoms with Gasteiger partial charge in [0, 0.05) is 10.6 Å². The van der Waals surface area contributed by atoms with E-state index in [9.17, 15) is 9.59 Å². The van der Waals surface area contributed by atoms with Crippen LogP contribution in [0.3, 0.4) is 0 Å². The van der Waals surface area contributed by atoms with Crippen LogP contribution >= 0.6 is 11.6 Å². The van der Waals surface area contributed by atoms with Gasteiger partial charge in [-0.25, -0.2) is 0 Å². The Bertz CT molecular complexity index is 688. The van der Waals surface area contributed by atoms with Crippen molar-refractivity contribution in [2.45, 2.75) is 0 Å². The molecule has 1 amide bonds. The molecule has 2 rings (SSSR count). The van der Waals surface area contributed by atoms with E-state index < -0.39 is 0 Å². The second-order valence-corrected chi connectivity index (χ2v) is 4.81. The molecule has 0 aromatic heterocycles. The highest BCUT2D eigenvalue weighted by atomic mass is 35.5. The molecular weight excluding hydrogens is 306 g/mol. The Labute approximate surface area is 132 Å². The summed E-state index contributed by atoms with van der Waals surface area (Å²) in [5.41, 5.74) is 0.944. The molecule has 0 heterocycles. The van der Waals surface area contributed by atoms with Crippen LogP contribution in [-0.4, -0.2) is 25.9 Å². The van der Waals surface area contributed by atoms with Crippen molar-refractivity contribution in [3.63, 3.8) is 0 Å². The van der Waals surface area contributed by atoms with Gasteiger partial charge in [-0.15, -0.1) is 0 Å². The van der Waals surface area contributed by atoms with Gasteiger partial charge in [0.25, 0.3) is 5.91 Å². The van der Waals surface area contributed by atoms with Gasteiger partial charge in [-0.1, -0.05) is 23.7 Å². The molecule has 0 fully saturated rings. The van der Waals surface area contributed by atoms with Crippen LogP contribution in [0.2, 0.25) is 5.02 Å². The van der Waals surface area contributed by atoms with Crippen molar-refractivity contribution in [3.05, 3.63) is 53.1 Å². The van der Waals surface area contributed by atoms with Gasteiger partial charge in [0.15, 0.2) is 6.61 Å². The first kappa shape index (κ1) is 15.9. The Morgan fingerprint density at radius 2 is 2.09 bits per heavy atom. The molecule has 6 heteroatoms. The van der Waals surface area contributed by atoms with E-state index in [2.05, 4.69) is 5.32 Å². The summed E-state index contributed by atoms with van der Waals surface area (Å²) in [6.45, 7) is -0.196. The SMILES string of the molecule is COc1ccc(Cl)cc1NC(=O)COc1cccc(C=O)c1. The zero-order chi connectivity index (χ0) is 15.9. The third kappa shape index (κ3) is 4.23. The topological polar surface area (TPSA) is 64.6 Å². The van der Waals surface area contributed by atoms with Crippen molar-refractivity contribution in [2.75, 3.05) is 19.0 Å². The molecule has 5 nitrogen and oxygen atoms in total. The minimum absolute atomic E-state index is 0.196. The van der Waals surface area contributed by atoms with Gasteiger partial charge >= 0.3 is 0 Å². The predicted molar refractivity (Wildman–Crippen MR) is 84.0 cm³/mol. The zero-order valence-corrected chi connectivity index (χ0v) is 12.6. The third-order valence-corrected chi connectivity index (χ3v) is 3.03. The maximum atomic E-state index is 11.9. The van der Waals surface area contributed by atoms with Gasteiger partial charge in [0.1, 0.15) is 17.8 Å². The van der Waals surface area contributed by atoms with Crippen LogP contribution in [0.1, 0.15) is 10.4 Å². The van der Waals surface area contributed by atoms with Gasteiger partial charge in [-0.3, -0.25) is 9.59 Å². The lowest BCUT2D eigenvalue weighted by Gasteiger charge is -2.11. The molecule has 2 aromatic carbocycles. The highest BCUT2D eigenvalue weighted by molar-refractivity contribution is 6.31. The number of carbonyl (C=O) groups is 2. The number of hydrogen-bond donors (Lipinski definition) is 1.